The van der Waals surface area contributed by atoms with Gasteiger partial charge in [-0.3, -0.25) is 4.79 Å². The zero-order chi connectivity index (χ0) is 13.7. The average Bonchev–Trinajstić information content (AvgIpc) is 2.83. The summed E-state index contributed by atoms with van der Waals surface area (Å²) in [7, 11) is 1.76. The van der Waals surface area contributed by atoms with E-state index in [1.54, 1.807) is 29.8 Å². The zero-order valence-electron chi connectivity index (χ0n) is 10.7. The Morgan fingerprint density at radius 2 is 2.06 bits per heavy atom. The zero-order valence-corrected chi connectivity index (χ0v) is 12.3. The topological polar surface area (TPSA) is 57.6 Å². The van der Waals surface area contributed by atoms with Crippen molar-refractivity contribution < 1.29 is 14.7 Å². The molecule has 0 fully saturated rings. The molecule has 1 rings (SSSR count). The Bertz CT molecular complexity index is 431. The van der Waals surface area contributed by atoms with Crippen molar-refractivity contribution in [3.05, 3.63) is 21.9 Å². The lowest BCUT2D eigenvalue weighted by Gasteiger charge is -2.24. The molecule has 0 aromatic carbocycles. The van der Waals surface area contributed by atoms with Gasteiger partial charge in [0.15, 0.2) is 0 Å². The summed E-state index contributed by atoms with van der Waals surface area (Å²) in [6.45, 7) is 2.00. The van der Waals surface area contributed by atoms with Gasteiger partial charge in [0.05, 0.1) is 4.88 Å². The first-order valence-electron chi connectivity index (χ1n) is 5.56. The lowest BCUT2D eigenvalue weighted by atomic mass is 10.2. The third-order valence-corrected chi connectivity index (χ3v) is 4.45. The van der Waals surface area contributed by atoms with Gasteiger partial charge in [0.1, 0.15) is 4.88 Å². The Morgan fingerprint density at radius 1 is 1.44 bits per heavy atom. The summed E-state index contributed by atoms with van der Waals surface area (Å²) in [5.41, 5.74) is 0. The van der Waals surface area contributed by atoms with Gasteiger partial charge < -0.3 is 10.0 Å². The molecule has 18 heavy (non-hydrogen) atoms. The fraction of sp³-hybridized carbons (Fsp3) is 0.500. The molecular weight excluding hydrogens is 270 g/mol. The van der Waals surface area contributed by atoms with E-state index in [9.17, 15) is 9.59 Å². The molecule has 1 N–H and O–H groups in total. The Morgan fingerprint density at radius 3 is 2.56 bits per heavy atom. The van der Waals surface area contributed by atoms with Gasteiger partial charge in [-0.1, -0.05) is 0 Å². The van der Waals surface area contributed by atoms with Crippen LogP contribution in [-0.4, -0.2) is 47.0 Å². The molecule has 0 bridgehead atoms. The molecular formula is C12H17NO3S2. The fourth-order valence-corrected chi connectivity index (χ4v) is 2.83. The molecule has 1 aromatic rings. The van der Waals surface area contributed by atoms with Crippen LogP contribution in [0, 0.1) is 0 Å². The molecule has 0 saturated heterocycles. The maximum absolute atomic E-state index is 12.1. The van der Waals surface area contributed by atoms with E-state index in [0.29, 0.717) is 4.88 Å². The number of thiophene rings is 1. The summed E-state index contributed by atoms with van der Waals surface area (Å²) >= 11 is 2.77. The molecule has 6 heteroatoms. The molecule has 1 atom stereocenters. The van der Waals surface area contributed by atoms with Crippen molar-refractivity contribution in [1.29, 1.82) is 0 Å². The molecule has 0 aliphatic heterocycles. The second-order valence-corrected chi connectivity index (χ2v) is 6.08. The van der Waals surface area contributed by atoms with E-state index in [1.807, 2.05) is 13.2 Å². The first-order chi connectivity index (χ1) is 8.47. The highest BCUT2D eigenvalue weighted by Crippen LogP contribution is 2.19. The number of nitrogens with zero attached hydrogens (tertiary/aromatic N) is 1. The Kier molecular flexibility index (Phi) is 5.68. The van der Waals surface area contributed by atoms with Gasteiger partial charge in [-0.25, -0.2) is 4.79 Å². The third kappa shape index (κ3) is 3.74. The van der Waals surface area contributed by atoms with Gasteiger partial charge >= 0.3 is 5.97 Å². The predicted octanol–water partition coefficient (Wildman–Crippen LogP) is 2.66. The molecule has 100 valence electrons. The fourth-order valence-electron chi connectivity index (χ4n) is 1.42. The molecule has 0 aliphatic carbocycles. The maximum Gasteiger partial charge on any atom is 0.345 e. The lowest BCUT2D eigenvalue weighted by molar-refractivity contribution is 0.0701. The van der Waals surface area contributed by atoms with Crippen molar-refractivity contribution in [2.45, 2.75) is 19.4 Å². The smallest absolute Gasteiger partial charge is 0.345 e. The highest BCUT2D eigenvalue weighted by molar-refractivity contribution is 7.98. The Labute approximate surface area is 115 Å². The molecule has 1 unspecified atom stereocenters. The molecule has 0 aliphatic rings. The van der Waals surface area contributed by atoms with Crippen LogP contribution in [0.3, 0.4) is 0 Å². The van der Waals surface area contributed by atoms with Crippen LogP contribution in [0.1, 0.15) is 32.7 Å². The number of thioether (sulfide) groups is 1. The Hall–Kier alpha value is -1.01. The first-order valence-corrected chi connectivity index (χ1v) is 7.77. The number of carbonyl (C=O) groups is 2. The summed E-state index contributed by atoms with van der Waals surface area (Å²) in [6, 6.07) is 3.20. The van der Waals surface area contributed by atoms with Gasteiger partial charge in [0.2, 0.25) is 0 Å². The van der Waals surface area contributed by atoms with E-state index in [-0.39, 0.29) is 16.8 Å². The molecule has 1 aromatic heterocycles. The van der Waals surface area contributed by atoms with Crippen LogP contribution < -0.4 is 0 Å². The minimum atomic E-state index is -0.989. The highest BCUT2D eigenvalue weighted by Gasteiger charge is 2.20. The highest BCUT2D eigenvalue weighted by atomic mass is 32.2. The van der Waals surface area contributed by atoms with E-state index >= 15 is 0 Å². The van der Waals surface area contributed by atoms with Gasteiger partial charge in [0, 0.05) is 13.1 Å². The minimum absolute atomic E-state index is 0.110. The van der Waals surface area contributed by atoms with Crippen molar-refractivity contribution in [3.8, 4) is 0 Å². The largest absolute Gasteiger partial charge is 0.477 e. The van der Waals surface area contributed by atoms with Crippen LogP contribution in [0.4, 0.5) is 0 Å². The van der Waals surface area contributed by atoms with Gasteiger partial charge in [0.25, 0.3) is 5.91 Å². The summed E-state index contributed by atoms with van der Waals surface area (Å²) in [6.07, 6.45) is 2.97. The lowest BCUT2D eigenvalue weighted by Crippen LogP contribution is -2.35. The van der Waals surface area contributed by atoms with E-state index in [2.05, 4.69) is 0 Å². The number of rotatable bonds is 6. The minimum Gasteiger partial charge on any atom is -0.477 e. The van der Waals surface area contributed by atoms with Crippen LogP contribution in [0.2, 0.25) is 0 Å². The molecule has 1 amide bonds. The first kappa shape index (κ1) is 15.0. The van der Waals surface area contributed by atoms with Crippen molar-refractivity contribution in [1.82, 2.24) is 4.90 Å². The monoisotopic (exact) mass is 287 g/mol. The summed E-state index contributed by atoms with van der Waals surface area (Å²) < 4.78 is 0. The molecule has 1 heterocycles. The van der Waals surface area contributed by atoms with Gasteiger partial charge in [-0.05, 0) is 37.5 Å². The van der Waals surface area contributed by atoms with E-state index in [1.165, 1.54) is 6.07 Å². The molecule has 4 nitrogen and oxygen atoms in total. The number of carboxylic acid groups (broad SMARTS) is 1. The number of aromatic carboxylic acids is 1. The van der Waals surface area contributed by atoms with Crippen molar-refractivity contribution >= 4 is 35.0 Å². The van der Waals surface area contributed by atoms with Gasteiger partial charge in [-0.15, -0.1) is 11.3 Å². The maximum atomic E-state index is 12.1. The Balaban J connectivity index is 2.70. The summed E-state index contributed by atoms with van der Waals surface area (Å²) in [5, 5.41) is 8.83. The van der Waals surface area contributed by atoms with Crippen LogP contribution in [-0.2, 0) is 0 Å². The number of hydrogen-bond donors (Lipinski definition) is 1. The van der Waals surface area contributed by atoms with Crippen LogP contribution in [0.5, 0.6) is 0 Å². The molecule has 0 spiro atoms. The van der Waals surface area contributed by atoms with E-state index in [0.717, 1.165) is 23.5 Å². The predicted molar refractivity (Wildman–Crippen MR) is 75.8 cm³/mol. The second-order valence-electron chi connectivity index (χ2n) is 4.02. The van der Waals surface area contributed by atoms with Crippen LogP contribution in [0.25, 0.3) is 0 Å². The molecule has 0 radical (unpaired) electrons. The van der Waals surface area contributed by atoms with E-state index in [4.69, 9.17) is 5.11 Å². The number of amides is 1. The summed E-state index contributed by atoms with van der Waals surface area (Å²) in [5.74, 6) is -0.0953. The van der Waals surface area contributed by atoms with Gasteiger partial charge in [-0.2, -0.15) is 11.8 Å². The summed E-state index contributed by atoms with van der Waals surface area (Å²) in [4.78, 5) is 25.2. The second kappa shape index (κ2) is 6.80. The number of carboxylic acids is 1. The van der Waals surface area contributed by atoms with Crippen LogP contribution in [0.15, 0.2) is 12.1 Å². The van der Waals surface area contributed by atoms with Crippen molar-refractivity contribution in [2.24, 2.45) is 0 Å². The van der Waals surface area contributed by atoms with Crippen LogP contribution >= 0.6 is 23.1 Å². The van der Waals surface area contributed by atoms with E-state index < -0.39 is 5.97 Å². The molecule has 0 saturated carbocycles. The standard InChI is InChI=1S/C12H17NO3S2/c1-8(6-7-17-3)13(2)11(14)9-4-5-10(18-9)12(15)16/h4-5,8H,6-7H2,1-3H3,(H,15,16). The normalized spacial score (nSPS) is 12.2. The SMILES string of the molecule is CSCCC(C)N(C)C(=O)c1ccc(C(=O)O)s1. The third-order valence-electron chi connectivity index (χ3n) is 2.75. The quantitative estimate of drug-likeness (QED) is 0.874. The number of carbonyl (C=O) groups excluding carboxylic acids is 1. The van der Waals surface area contributed by atoms with Crippen molar-refractivity contribution in [2.75, 3.05) is 19.1 Å². The number of hydrogen-bond acceptors (Lipinski definition) is 4. The van der Waals surface area contributed by atoms with Crippen molar-refractivity contribution in [3.63, 3.8) is 0 Å². The average molecular weight is 287 g/mol.